The quantitative estimate of drug-likeness (QED) is 0.882. The first-order valence-corrected chi connectivity index (χ1v) is 8.21. The molecule has 0 saturated heterocycles. The SMILES string of the molecule is CCCNc1nc(C(C)(C)C)nc(OC2CCCC2)c1C. The molecule has 1 heterocycles. The number of hydrogen-bond donors (Lipinski definition) is 1. The molecule has 0 amide bonds. The first-order valence-electron chi connectivity index (χ1n) is 8.21. The van der Waals surface area contributed by atoms with Crippen molar-refractivity contribution in [3.8, 4) is 5.88 Å². The molecule has 4 nitrogen and oxygen atoms in total. The second-order valence-electron chi connectivity index (χ2n) is 7.03. The maximum absolute atomic E-state index is 6.17. The maximum Gasteiger partial charge on any atom is 0.222 e. The predicted octanol–water partition coefficient (Wildman–Crippen LogP) is 4.23. The normalized spacial score (nSPS) is 16.2. The van der Waals surface area contributed by atoms with Crippen LogP contribution in [0.15, 0.2) is 0 Å². The Bertz CT molecular complexity index is 474. The Balaban J connectivity index is 2.31. The Morgan fingerprint density at radius 3 is 2.43 bits per heavy atom. The summed E-state index contributed by atoms with van der Waals surface area (Å²) in [4.78, 5) is 9.42. The average molecular weight is 291 g/mol. The molecule has 21 heavy (non-hydrogen) atoms. The minimum absolute atomic E-state index is 0.0792. The molecule has 118 valence electrons. The van der Waals surface area contributed by atoms with Gasteiger partial charge in [-0.2, -0.15) is 4.98 Å². The van der Waals surface area contributed by atoms with Crippen LogP contribution in [0.4, 0.5) is 5.82 Å². The lowest BCUT2D eigenvalue weighted by molar-refractivity contribution is 0.198. The van der Waals surface area contributed by atoms with E-state index < -0.39 is 0 Å². The Kier molecular flexibility index (Phi) is 5.07. The fourth-order valence-electron chi connectivity index (χ4n) is 2.53. The highest BCUT2D eigenvalue weighted by Gasteiger charge is 2.24. The molecule has 0 atom stereocenters. The van der Waals surface area contributed by atoms with Crippen LogP contribution in [0.1, 0.15) is 71.2 Å². The van der Waals surface area contributed by atoms with Gasteiger partial charge in [-0.25, -0.2) is 4.98 Å². The molecular weight excluding hydrogens is 262 g/mol. The van der Waals surface area contributed by atoms with E-state index in [9.17, 15) is 0 Å². The molecule has 1 aliphatic rings. The minimum Gasteiger partial charge on any atom is -0.474 e. The van der Waals surface area contributed by atoms with Crippen molar-refractivity contribution in [2.75, 3.05) is 11.9 Å². The summed E-state index contributed by atoms with van der Waals surface area (Å²) < 4.78 is 6.17. The molecule has 2 rings (SSSR count). The van der Waals surface area contributed by atoms with Crippen molar-refractivity contribution in [3.63, 3.8) is 0 Å². The lowest BCUT2D eigenvalue weighted by Crippen LogP contribution is -2.21. The van der Waals surface area contributed by atoms with E-state index in [4.69, 9.17) is 14.7 Å². The molecule has 1 N–H and O–H groups in total. The molecule has 1 aromatic heterocycles. The third-order valence-corrected chi connectivity index (χ3v) is 3.89. The Morgan fingerprint density at radius 1 is 1.19 bits per heavy atom. The van der Waals surface area contributed by atoms with Crippen LogP contribution in [-0.2, 0) is 5.41 Å². The van der Waals surface area contributed by atoms with Gasteiger partial charge < -0.3 is 10.1 Å². The van der Waals surface area contributed by atoms with Gasteiger partial charge in [0.25, 0.3) is 0 Å². The van der Waals surface area contributed by atoms with Crippen molar-refractivity contribution >= 4 is 5.82 Å². The molecule has 0 bridgehead atoms. The largest absolute Gasteiger partial charge is 0.474 e. The van der Waals surface area contributed by atoms with Crippen LogP contribution in [-0.4, -0.2) is 22.6 Å². The number of rotatable bonds is 5. The van der Waals surface area contributed by atoms with E-state index in [2.05, 4.69) is 39.9 Å². The third-order valence-electron chi connectivity index (χ3n) is 3.89. The van der Waals surface area contributed by atoms with Gasteiger partial charge in [0.2, 0.25) is 5.88 Å². The smallest absolute Gasteiger partial charge is 0.222 e. The Labute approximate surface area is 128 Å². The number of ether oxygens (including phenoxy) is 1. The lowest BCUT2D eigenvalue weighted by Gasteiger charge is -2.22. The van der Waals surface area contributed by atoms with Crippen LogP contribution >= 0.6 is 0 Å². The summed E-state index contributed by atoms with van der Waals surface area (Å²) in [5.74, 6) is 2.53. The predicted molar refractivity (Wildman–Crippen MR) is 87.1 cm³/mol. The summed E-state index contributed by atoms with van der Waals surface area (Å²) in [6, 6.07) is 0. The van der Waals surface area contributed by atoms with Gasteiger partial charge in [-0.3, -0.25) is 0 Å². The van der Waals surface area contributed by atoms with E-state index in [1.54, 1.807) is 0 Å². The molecular formula is C17H29N3O. The van der Waals surface area contributed by atoms with Gasteiger partial charge in [-0.05, 0) is 39.0 Å². The van der Waals surface area contributed by atoms with Crippen molar-refractivity contribution < 1.29 is 4.74 Å². The number of nitrogens with zero attached hydrogens (tertiary/aromatic N) is 2. The summed E-state index contributed by atoms with van der Waals surface area (Å²) in [5.41, 5.74) is 0.952. The first kappa shape index (κ1) is 16.1. The van der Waals surface area contributed by atoms with Gasteiger partial charge in [0.05, 0.1) is 5.56 Å². The fourth-order valence-corrected chi connectivity index (χ4v) is 2.53. The van der Waals surface area contributed by atoms with E-state index in [1.807, 2.05) is 0 Å². The van der Waals surface area contributed by atoms with Gasteiger partial charge in [0.15, 0.2) is 0 Å². The number of anilines is 1. The second kappa shape index (κ2) is 6.63. The number of nitrogens with one attached hydrogen (secondary N) is 1. The van der Waals surface area contributed by atoms with E-state index in [-0.39, 0.29) is 5.41 Å². The Hall–Kier alpha value is -1.32. The van der Waals surface area contributed by atoms with E-state index in [0.717, 1.165) is 48.9 Å². The van der Waals surface area contributed by atoms with Crippen LogP contribution in [0.2, 0.25) is 0 Å². The van der Waals surface area contributed by atoms with Crippen molar-refractivity contribution in [2.24, 2.45) is 0 Å². The molecule has 1 aromatic rings. The average Bonchev–Trinajstić information content (AvgIpc) is 2.91. The zero-order chi connectivity index (χ0) is 15.5. The van der Waals surface area contributed by atoms with Crippen LogP contribution in [0, 0.1) is 6.92 Å². The standard InChI is InChI=1S/C17H29N3O/c1-6-11-18-14-12(2)15(21-13-9-7-8-10-13)20-16(19-14)17(3,4)5/h13H,6-11H2,1-5H3,(H,18,19,20). The Morgan fingerprint density at radius 2 is 1.86 bits per heavy atom. The molecule has 0 unspecified atom stereocenters. The number of hydrogen-bond acceptors (Lipinski definition) is 4. The van der Waals surface area contributed by atoms with Crippen LogP contribution in [0.3, 0.4) is 0 Å². The van der Waals surface area contributed by atoms with E-state index in [0.29, 0.717) is 6.10 Å². The van der Waals surface area contributed by atoms with E-state index in [1.165, 1.54) is 12.8 Å². The highest BCUT2D eigenvalue weighted by molar-refractivity contribution is 5.49. The molecule has 0 aromatic carbocycles. The van der Waals surface area contributed by atoms with Crippen molar-refractivity contribution in [1.82, 2.24) is 9.97 Å². The lowest BCUT2D eigenvalue weighted by atomic mass is 9.95. The maximum atomic E-state index is 6.17. The van der Waals surface area contributed by atoms with Crippen molar-refractivity contribution in [1.29, 1.82) is 0 Å². The van der Waals surface area contributed by atoms with Crippen molar-refractivity contribution in [2.45, 2.75) is 78.2 Å². The summed E-state index contributed by atoms with van der Waals surface area (Å²) in [6.07, 6.45) is 6.22. The van der Waals surface area contributed by atoms with Crippen molar-refractivity contribution in [3.05, 3.63) is 11.4 Å². The van der Waals surface area contributed by atoms with Gasteiger partial charge in [0, 0.05) is 12.0 Å². The van der Waals surface area contributed by atoms with Gasteiger partial charge in [-0.15, -0.1) is 0 Å². The summed E-state index contributed by atoms with van der Waals surface area (Å²) >= 11 is 0. The molecule has 1 fully saturated rings. The molecule has 1 saturated carbocycles. The summed E-state index contributed by atoms with van der Waals surface area (Å²) in [5, 5.41) is 3.41. The molecule has 0 radical (unpaired) electrons. The molecule has 0 spiro atoms. The second-order valence-corrected chi connectivity index (χ2v) is 7.03. The van der Waals surface area contributed by atoms with Crippen LogP contribution in [0.5, 0.6) is 5.88 Å². The summed E-state index contributed by atoms with van der Waals surface area (Å²) in [7, 11) is 0. The van der Waals surface area contributed by atoms with Gasteiger partial charge >= 0.3 is 0 Å². The van der Waals surface area contributed by atoms with Gasteiger partial charge in [-0.1, -0.05) is 27.7 Å². The monoisotopic (exact) mass is 291 g/mol. The molecule has 0 aliphatic heterocycles. The zero-order valence-corrected chi connectivity index (χ0v) is 14.1. The van der Waals surface area contributed by atoms with E-state index >= 15 is 0 Å². The first-order chi connectivity index (χ1) is 9.91. The van der Waals surface area contributed by atoms with Crippen LogP contribution in [0.25, 0.3) is 0 Å². The highest BCUT2D eigenvalue weighted by Crippen LogP contribution is 2.30. The third kappa shape index (κ3) is 4.08. The fraction of sp³-hybridized carbons (Fsp3) is 0.765. The zero-order valence-electron chi connectivity index (χ0n) is 14.1. The van der Waals surface area contributed by atoms with Gasteiger partial charge in [0.1, 0.15) is 17.7 Å². The minimum atomic E-state index is -0.0792. The van der Waals surface area contributed by atoms with Crippen LogP contribution < -0.4 is 10.1 Å². The molecule has 4 heteroatoms. The topological polar surface area (TPSA) is 47.0 Å². The number of aromatic nitrogens is 2. The highest BCUT2D eigenvalue weighted by atomic mass is 16.5. The summed E-state index contributed by atoms with van der Waals surface area (Å²) in [6.45, 7) is 11.5. The molecule has 1 aliphatic carbocycles.